The zero-order valence-electron chi connectivity index (χ0n) is 23.0. The fourth-order valence-electron chi connectivity index (χ4n) is 5.34. The molecule has 2 fully saturated rings. The predicted molar refractivity (Wildman–Crippen MR) is 152 cm³/mol. The number of carbonyl (C=O) groups excluding carboxylic acids is 1. The Bertz CT molecular complexity index is 1650. The molecule has 5 heterocycles. The van der Waals surface area contributed by atoms with Crippen LogP contribution in [-0.4, -0.2) is 58.3 Å². The Morgan fingerprint density at radius 2 is 1.95 bits per heavy atom. The first-order chi connectivity index (χ1) is 20.4. The van der Waals surface area contributed by atoms with Gasteiger partial charge in [-0.3, -0.25) is 4.90 Å². The molecule has 2 aliphatic rings. The van der Waals surface area contributed by atoms with Crippen LogP contribution in [0, 0.1) is 18.2 Å². The fraction of sp³-hybridized carbons (Fsp3) is 0.400. The van der Waals surface area contributed by atoms with Crippen LogP contribution in [-0.2, 0) is 29.2 Å². The normalized spacial score (nSPS) is 17.6. The van der Waals surface area contributed by atoms with Crippen LogP contribution in [0.2, 0.25) is 0 Å². The van der Waals surface area contributed by atoms with Crippen molar-refractivity contribution in [2.24, 2.45) is 0 Å². The number of aromatic nitrogens is 3. The van der Waals surface area contributed by atoms with Gasteiger partial charge >= 0.3 is 5.97 Å². The van der Waals surface area contributed by atoms with E-state index in [4.69, 9.17) is 25.8 Å². The molecule has 0 N–H and O–H groups in total. The maximum atomic E-state index is 14.5. The van der Waals surface area contributed by atoms with Crippen molar-refractivity contribution in [3.8, 4) is 5.88 Å². The second-order valence-electron chi connectivity index (χ2n) is 10.5. The molecule has 0 spiro atoms. The quantitative estimate of drug-likeness (QED) is 0.178. The minimum Gasteiger partial charge on any atom is -0.471 e. The van der Waals surface area contributed by atoms with E-state index in [-0.39, 0.29) is 41.7 Å². The van der Waals surface area contributed by atoms with Crippen molar-refractivity contribution in [2.45, 2.75) is 51.0 Å². The number of thiophene rings is 1. The van der Waals surface area contributed by atoms with Crippen LogP contribution >= 0.6 is 11.3 Å². The third-order valence-electron chi connectivity index (χ3n) is 7.83. The van der Waals surface area contributed by atoms with Gasteiger partial charge in [-0.25, -0.2) is 28.4 Å². The number of hydrogen-bond acceptors (Lipinski definition) is 8. The third kappa shape index (κ3) is 5.86. The molecule has 3 aromatic heterocycles. The lowest BCUT2D eigenvalue weighted by Gasteiger charge is -2.32. The van der Waals surface area contributed by atoms with E-state index in [2.05, 4.69) is 19.3 Å². The highest BCUT2D eigenvalue weighted by Crippen LogP contribution is 2.32. The number of fused-ring (bicyclic) bond motifs is 1. The van der Waals surface area contributed by atoms with Gasteiger partial charge < -0.3 is 18.8 Å². The van der Waals surface area contributed by atoms with Gasteiger partial charge in [-0.15, -0.1) is 11.3 Å². The second kappa shape index (κ2) is 12.1. The molecule has 2 aliphatic heterocycles. The highest BCUT2D eigenvalue weighted by molar-refractivity contribution is 7.20. The number of benzene rings is 1. The Morgan fingerprint density at radius 1 is 1.14 bits per heavy atom. The molecule has 42 heavy (non-hydrogen) atoms. The van der Waals surface area contributed by atoms with Crippen molar-refractivity contribution in [3.05, 3.63) is 81.4 Å². The molecule has 0 bridgehead atoms. The SMILES string of the molecule is [C-]#[N+]c1ccc(COc2nc(C3CCN(Cc4nc5sc(C(=O)OC)cc5n4C[C@@H]4CCO4)CC3)ccc2F)c(F)c1. The summed E-state index contributed by atoms with van der Waals surface area (Å²) >= 11 is 1.34. The molecule has 0 radical (unpaired) electrons. The molecule has 4 aromatic rings. The number of likely N-dealkylation sites (tertiary alicyclic amines) is 1. The lowest BCUT2D eigenvalue weighted by atomic mass is 9.93. The summed E-state index contributed by atoms with van der Waals surface area (Å²) in [7, 11) is 1.38. The molecule has 9 nitrogen and oxygen atoms in total. The first kappa shape index (κ1) is 28.2. The summed E-state index contributed by atoms with van der Waals surface area (Å²) < 4.78 is 47.0. The Morgan fingerprint density at radius 3 is 2.64 bits per heavy atom. The van der Waals surface area contributed by atoms with Gasteiger partial charge in [0.05, 0.1) is 38.4 Å². The molecular weight excluding hydrogens is 564 g/mol. The summed E-state index contributed by atoms with van der Waals surface area (Å²) in [5.74, 6) is -0.625. The van der Waals surface area contributed by atoms with Gasteiger partial charge in [0.1, 0.15) is 28.0 Å². The van der Waals surface area contributed by atoms with Crippen molar-refractivity contribution >= 4 is 33.3 Å². The van der Waals surface area contributed by atoms with Gasteiger partial charge in [0.25, 0.3) is 5.88 Å². The van der Waals surface area contributed by atoms with Gasteiger partial charge in [0.15, 0.2) is 11.5 Å². The number of methoxy groups -OCH3 is 1. The highest BCUT2D eigenvalue weighted by Gasteiger charge is 2.27. The molecule has 6 rings (SSSR count). The minimum absolute atomic E-state index is 0.133. The van der Waals surface area contributed by atoms with Crippen LogP contribution in [0.1, 0.15) is 51.9 Å². The minimum atomic E-state index is -0.605. The lowest BCUT2D eigenvalue weighted by Crippen LogP contribution is -2.35. The summed E-state index contributed by atoms with van der Waals surface area (Å²) in [4.78, 5) is 28.3. The number of pyridine rings is 1. The monoisotopic (exact) mass is 593 g/mol. The molecule has 0 saturated carbocycles. The molecule has 1 atom stereocenters. The van der Waals surface area contributed by atoms with Crippen LogP contribution in [0.4, 0.5) is 14.5 Å². The molecule has 0 aliphatic carbocycles. The maximum absolute atomic E-state index is 14.5. The van der Waals surface area contributed by atoms with Crippen molar-refractivity contribution in [1.82, 2.24) is 19.4 Å². The van der Waals surface area contributed by atoms with Gasteiger partial charge in [0, 0.05) is 23.8 Å². The van der Waals surface area contributed by atoms with Crippen LogP contribution in [0.15, 0.2) is 36.4 Å². The maximum Gasteiger partial charge on any atom is 0.348 e. The molecule has 218 valence electrons. The molecule has 0 amide bonds. The van der Waals surface area contributed by atoms with Gasteiger partial charge in [0.2, 0.25) is 0 Å². The number of piperidine rings is 1. The van der Waals surface area contributed by atoms with E-state index in [0.717, 1.165) is 66.9 Å². The molecule has 12 heteroatoms. The summed E-state index contributed by atoms with van der Waals surface area (Å²) in [5, 5.41) is 0. The van der Waals surface area contributed by atoms with E-state index in [1.807, 2.05) is 6.07 Å². The number of hydrogen-bond donors (Lipinski definition) is 0. The number of imidazole rings is 1. The van der Waals surface area contributed by atoms with Crippen LogP contribution in [0.25, 0.3) is 15.2 Å². The first-order valence-corrected chi connectivity index (χ1v) is 14.6. The number of carbonyl (C=O) groups is 1. The number of nitrogens with zero attached hydrogens (tertiary/aromatic N) is 5. The van der Waals surface area contributed by atoms with E-state index < -0.39 is 11.6 Å². The number of esters is 1. The van der Waals surface area contributed by atoms with Gasteiger partial charge in [-0.1, -0.05) is 12.1 Å². The van der Waals surface area contributed by atoms with E-state index in [9.17, 15) is 13.6 Å². The topological polar surface area (TPSA) is 83.1 Å². The van der Waals surface area contributed by atoms with Crippen molar-refractivity contribution in [2.75, 3.05) is 26.8 Å². The van der Waals surface area contributed by atoms with Crippen LogP contribution < -0.4 is 4.74 Å². The van der Waals surface area contributed by atoms with Crippen molar-refractivity contribution < 1.29 is 27.8 Å². The standard InChI is InChI=1S/C30H29F2N5O4S/c1-33-20-4-3-19(23(32)13-20)17-41-28-22(31)5-6-24(34-28)18-7-10-36(11-8-18)16-27-35-29-25(14-26(42-29)30(38)39-2)37(27)15-21-9-12-40-21/h3-6,13-14,18,21H,7-12,15-17H2,2H3/t21-/m0/s1. The molecule has 1 aromatic carbocycles. The first-order valence-electron chi connectivity index (χ1n) is 13.8. The highest BCUT2D eigenvalue weighted by atomic mass is 32.1. The number of halogens is 2. The predicted octanol–water partition coefficient (Wildman–Crippen LogP) is 5.86. The second-order valence-corrected chi connectivity index (χ2v) is 11.5. The average Bonchev–Trinajstić information content (AvgIpc) is 3.53. The van der Waals surface area contributed by atoms with Crippen molar-refractivity contribution in [1.29, 1.82) is 0 Å². The molecular formula is C30H29F2N5O4S. The molecule has 2 saturated heterocycles. The Hall–Kier alpha value is -3.92. The largest absolute Gasteiger partial charge is 0.471 e. The average molecular weight is 594 g/mol. The van der Waals surface area contributed by atoms with Gasteiger partial charge in [-0.05, 0) is 56.6 Å². The lowest BCUT2D eigenvalue weighted by molar-refractivity contribution is -0.0592. The van der Waals surface area contributed by atoms with Gasteiger partial charge in [-0.2, -0.15) is 0 Å². The number of ether oxygens (including phenoxy) is 3. The van der Waals surface area contributed by atoms with E-state index in [0.29, 0.717) is 18.0 Å². The zero-order valence-corrected chi connectivity index (χ0v) is 23.8. The Labute approximate surface area is 245 Å². The van der Waals surface area contributed by atoms with Crippen LogP contribution in [0.3, 0.4) is 0 Å². The zero-order chi connectivity index (χ0) is 29.2. The summed E-state index contributed by atoms with van der Waals surface area (Å²) in [6.07, 6.45) is 2.80. The van der Waals surface area contributed by atoms with Crippen LogP contribution in [0.5, 0.6) is 5.88 Å². The number of rotatable bonds is 9. The summed E-state index contributed by atoms with van der Waals surface area (Å²) in [6, 6.07) is 8.98. The Kier molecular flexibility index (Phi) is 8.15. The van der Waals surface area contributed by atoms with E-state index in [1.165, 1.54) is 36.6 Å². The van der Waals surface area contributed by atoms with E-state index >= 15 is 0 Å². The van der Waals surface area contributed by atoms with E-state index in [1.54, 1.807) is 6.07 Å². The summed E-state index contributed by atoms with van der Waals surface area (Å²) in [5.41, 5.74) is 2.09. The Balaban J connectivity index is 1.11. The fourth-order valence-corrected chi connectivity index (χ4v) is 6.31. The van der Waals surface area contributed by atoms with Crippen molar-refractivity contribution in [3.63, 3.8) is 0 Å². The summed E-state index contributed by atoms with van der Waals surface area (Å²) in [6.45, 7) is 10.5. The smallest absolute Gasteiger partial charge is 0.348 e. The third-order valence-corrected chi connectivity index (χ3v) is 8.83. The molecule has 0 unspecified atom stereocenters.